The van der Waals surface area contributed by atoms with Crippen molar-refractivity contribution < 1.29 is 4.74 Å². The second kappa shape index (κ2) is 7.04. The number of hydrogen-bond donors (Lipinski definition) is 2. The molecule has 1 saturated carbocycles. The van der Waals surface area contributed by atoms with Gasteiger partial charge >= 0.3 is 0 Å². The van der Waals surface area contributed by atoms with Crippen LogP contribution in [0, 0.1) is 11.8 Å². The number of likely N-dealkylation sites (tertiary alicyclic amines) is 1. The van der Waals surface area contributed by atoms with Gasteiger partial charge in [-0.2, -0.15) is 0 Å². The molecule has 2 saturated heterocycles. The molecule has 0 unspecified atom stereocenters. The average molecular weight is 416 g/mol. The molecule has 160 valence electrons. The maximum atomic E-state index is 5.74. The predicted molar refractivity (Wildman–Crippen MR) is 120 cm³/mol. The Bertz CT molecular complexity index is 1110. The zero-order valence-corrected chi connectivity index (χ0v) is 17.8. The number of nitrogens with zero attached hydrogens (tertiary/aromatic N) is 3. The number of ether oxygens (including phenoxy) is 1. The van der Waals surface area contributed by atoms with Crippen molar-refractivity contribution in [3.05, 3.63) is 53.5 Å². The van der Waals surface area contributed by atoms with Gasteiger partial charge in [0, 0.05) is 36.7 Å². The molecule has 2 aliphatic heterocycles. The number of aryl methyl sites for hydroxylation is 1. The van der Waals surface area contributed by atoms with Crippen molar-refractivity contribution in [1.82, 2.24) is 19.9 Å². The van der Waals surface area contributed by atoms with E-state index < -0.39 is 0 Å². The fourth-order valence-corrected chi connectivity index (χ4v) is 6.14. The highest BCUT2D eigenvalue weighted by molar-refractivity contribution is 5.88. The van der Waals surface area contributed by atoms with Crippen LogP contribution in [0.2, 0.25) is 0 Å². The maximum Gasteiger partial charge on any atom is 0.143 e. The quantitative estimate of drug-likeness (QED) is 0.677. The molecule has 0 bridgehead atoms. The highest BCUT2D eigenvalue weighted by Crippen LogP contribution is 2.43. The number of benzene rings is 1. The standard InChI is InChI=1S/C25H29N5O/c1-2-4-19-15(3-1)7-8-22(30-10-17-12-31-13-18(17)11-30)23(19)29-25-20-9-21(16-5-6-16)28-24(20)26-14-27-25/h1-4,9,14,16-18,22-23H,5-8,10-13H2,(H2,26,27,28,29)/t17-,18+,22-,23-/m0/s1. The molecule has 0 spiro atoms. The van der Waals surface area contributed by atoms with Crippen LogP contribution in [0.15, 0.2) is 36.7 Å². The SMILES string of the molecule is c1ccc2c(c1)CC[C@H](N1C[C@H]3COC[C@H]3C1)[C@H]2Nc1ncnc2[nH]c(C3CC3)cc12. The van der Waals surface area contributed by atoms with E-state index >= 15 is 0 Å². The zero-order valence-electron chi connectivity index (χ0n) is 17.8. The van der Waals surface area contributed by atoms with Crippen LogP contribution in [0.5, 0.6) is 0 Å². The Hall–Kier alpha value is -2.44. The highest BCUT2D eigenvalue weighted by atomic mass is 16.5. The van der Waals surface area contributed by atoms with Gasteiger partial charge in [0.2, 0.25) is 0 Å². The van der Waals surface area contributed by atoms with Crippen molar-refractivity contribution in [2.75, 3.05) is 31.6 Å². The number of nitrogens with one attached hydrogen (secondary N) is 2. The summed E-state index contributed by atoms with van der Waals surface area (Å²) in [6, 6.07) is 11.9. The Morgan fingerprint density at radius 1 is 1.03 bits per heavy atom. The molecule has 3 fully saturated rings. The van der Waals surface area contributed by atoms with Crippen LogP contribution in [0.25, 0.3) is 11.0 Å². The highest BCUT2D eigenvalue weighted by Gasteiger charge is 2.43. The van der Waals surface area contributed by atoms with Gasteiger partial charge in [-0.15, -0.1) is 0 Å². The summed E-state index contributed by atoms with van der Waals surface area (Å²) in [6.07, 6.45) is 6.59. The minimum absolute atomic E-state index is 0.238. The van der Waals surface area contributed by atoms with E-state index in [-0.39, 0.29) is 6.04 Å². The van der Waals surface area contributed by atoms with Crippen LogP contribution in [0.1, 0.15) is 48.0 Å². The van der Waals surface area contributed by atoms with Gasteiger partial charge in [0.25, 0.3) is 0 Å². The summed E-state index contributed by atoms with van der Waals surface area (Å²) >= 11 is 0. The van der Waals surface area contributed by atoms with Gasteiger partial charge in [0.1, 0.15) is 17.8 Å². The number of aromatic amines is 1. The fourth-order valence-electron chi connectivity index (χ4n) is 6.14. The molecule has 0 amide bonds. The van der Waals surface area contributed by atoms with Crippen LogP contribution in [-0.2, 0) is 11.2 Å². The van der Waals surface area contributed by atoms with Gasteiger partial charge in [-0.25, -0.2) is 9.97 Å². The average Bonchev–Trinajstić information content (AvgIpc) is 3.20. The summed E-state index contributed by atoms with van der Waals surface area (Å²) in [5.41, 5.74) is 5.16. The van der Waals surface area contributed by atoms with Crippen LogP contribution >= 0.6 is 0 Å². The topological polar surface area (TPSA) is 66.1 Å². The minimum Gasteiger partial charge on any atom is -0.381 e. The lowest BCUT2D eigenvalue weighted by molar-refractivity contribution is 0.127. The summed E-state index contributed by atoms with van der Waals surface area (Å²) in [5, 5.41) is 5.02. The van der Waals surface area contributed by atoms with Gasteiger partial charge in [0.05, 0.1) is 24.6 Å². The van der Waals surface area contributed by atoms with Crippen molar-refractivity contribution in [2.24, 2.45) is 11.8 Å². The van der Waals surface area contributed by atoms with Crippen LogP contribution in [0.4, 0.5) is 5.82 Å². The monoisotopic (exact) mass is 415 g/mol. The number of anilines is 1. The molecule has 7 rings (SSSR count). The number of aromatic nitrogens is 3. The number of hydrogen-bond acceptors (Lipinski definition) is 5. The summed E-state index contributed by atoms with van der Waals surface area (Å²) in [7, 11) is 0. The first-order chi connectivity index (χ1) is 15.3. The zero-order chi connectivity index (χ0) is 20.4. The van der Waals surface area contributed by atoms with Gasteiger partial charge < -0.3 is 15.0 Å². The lowest BCUT2D eigenvalue weighted by Crippen LogP contribution is -2.44. The Balaban J connectivity index is 1.25. The van der Waals surface area contributed by atoms with Gasteiger partial charge in [-0.3, -0.25) is 4.90 Å². The van der Waals surface area contributed by atoms with E-state index in [0.29, 0.717) is 23.8 Å². The van der Waals surface area contributed by atoms with Gasteiger partial charge in [-0.1, -0.05) is 24.3 Å². The number of fused-ring (bicyclic) bond motifs is 3. The Morgan fingerprint density at radius 3 is 2.71 bits per heavy atom. The van der Waals surface area contributed by atoms with Crippen molar-refractivity contribution in [3.63, 3.8) is 0 Å². The fraction of sp³-hybridized carbons (Fsp3) is 0.520. The van der Waals surface area contributed by atoms with Crippen LogP contribution in [0.3, 0.4) is 0 Å². The smallest absolute Gasteiger partial charge is 0.143 e. The second-order valence-corrected chi connectivity index (χ2v) is 9.92. The molecule has 4 atom stereocenters. The third-order valence-corrected chi connectivity index (χ3v) is 7.98. The van der Waals surface area contributed by atoms with Crippen LogP contribution in [-0.4, -0.2) is 52.2 Å². The molecular formula is C25H29N5O. The van der Waals surface area contributed by atoms with Crippen molar-refractivity contribution in [3.8, 4) is 0 Å². The molecule has 2 N–H and O–H groups in total. The minimum atomic E-state index is 0.238. The summed E-state index contributed by atoms with van der Waals surface area (Å²) in [6.45, 7) is 4.18. The first kappa shape index (κ1) is 18.2. The van der Waals surface area contributed by atoms with E-state index in [1.54, 1.807) is 6.33 Å². The Labute approximate surface area is 182 Å². The molecular weight excluding hydrogens is 386 g/mol. The number of H-pyrrole nitrogens is 1. The molecule has 4 aliphatic rings. The predicted octanol–water partition coefficient (Wildman–Crippen LogP) is 3.88. The number of rotatable bonds is 4. The maximum absolute atomic E-state index is 5.74. The summed E-state index contributed by atoms with van der Waals surface area (Å²) in [4.78, 5) is 15.5. The van der Waals surface area contributed by atoms with E-state index in [4.69, 9.17) is 9.72 Å². The van der Waals surface area contributed by atoms with Crippen LogP contribution < -0.4 is 5.32 Å². The van der Waals surface area contributed by atoms with Crippen molar-refractivity contribution in [2.45, 2.75) is 43.7 Å². The Kier molecular flexibility index (Phi) is 4.12. The molecule has 3 aromatic rings. The second-order valence-electron chi connectivity index (χ2n) is 9.92. The van der Waals surface area contributed by atoms with E-state index in [1.807, 2.05) is 0 Å². The normalized spacial score (nSPS) is 30.5. The van der Waals surface area contributed by atoms with Crippen molar-refractivity contribution >= 4 is 16.9 Å². The molecule has 4 heterocycles. The lowest BCUT2D eigenvalue weighted by Gasteiger charge is -2.40. The van der Waals surface area contributed by atoms with Gasteiger partial charge in [-0.05, 0) is 48.8 Å². The molecule has 6 heteroatoms. The Morgan fingerprint density at radius 2 is 1.87 bits per heavy atom. The lowest BCUT2D eigenvalue weighted by atomic mass is 9.83. The third-order valence-electron chi connectivity index (χ3n) is 7.98. The van der Waals surface area contributed by atoms with Gasteiger partial charge in [0.15, 0.2) is 0 Å². The molecule has 0 radical (unpaired) electrons. The molecule has 31 heavy (non-hydrogen) atoms. The summed E-state index contributed by atoms with van der Waals surface area (Å²) in [5.74, 6) is 3.04. The van der Waals surface area contributed by atoms with E-state index in [9.17, 15) is 0 Å². The summed E-state index contributed by atoms with van der Waals surface area (Å²) < 4.78 is 5.74. The van der Waals surface area contributed by atoms with E-state index in [2.05, 4.69) is 50.5 Å². The van der Waals surface area contributed by atoms with Crippen molar-refractivity contribution in [1.29, 1.82) is 0 Å². The first-order valence-corrected chi connectivity index (χ1v) is 11.8. The molecule has 6 nitrogen and oxygen atoms in total. The third kappa shape index (κ3) is 3.07. The molecule has 1 aromatic carbocycles. The molecule has 2 aliphatic carbocycles. The largest absolute Gasteiger partial charge is 0.381 e. The first-order valence-electron chi connectivity index (χ1n) is 11.8. The van der Waals surface area contributed by atoms with E-state index in [1.165, 1.54) is 36.1 Å². The molecule has 2 aromatic heterocycles. The van der Waals surface area contributed by atoms with E-state index in [0.717, 1.165) is 49.6 Å².